The molecule has 0 radical (unpaired) electrons. The van der Waals surface area contributed by atoms with Crippen LogP contribution in [0.15, 0.2) is 18.3 Å². The molecule has 11 heteroatoms. The van der Waals surface area contributed by atoms with Crippen LogP contribution < -0.4 is 10.1 Å². The Balaban J connectivity index is 1.66. The third kappa shape index (κ3) is 6.43. The van der Waals surface area contributed by atoms with E-state index in [1.165, 1.54) is 6.07 Å². The number of halogens is 4. The SMILES string of the molecule is Cc1cc(C(=O)NC(C)c2cnc(OCC(F)(F)F)c(F)c2)nc(CC(=O)C2CC2)n1. The van der Waals surface area contributed by atoms with E-state index in [2.05, 4.69) is 25.0 Å². The van der Waals surface area contributed by atoms with Gasteiger partial charge in [-0.3, -0.25) is 9.59 Å². The summed E-state index contributed by atoms with van der Waals surface area (Å²) < 4.78 is 55.0. The number of rotatable bonds is 8. The van der Waals surface area contributed by atoms with Crippen LogP contribution in [0.2, 0.25) is 0 Å². The molecule has 1 aliphatic carbocycles. The van der Waals surface area contributed by atoms with Crippen molar-refractivity contribution >= 4 is 11.7 Å². The number of nitrogens with one attached hydrogen (secondary N) is 1. The molecule has 1 fully saturated rings. The van der Waals surface area contributed by atoms with Gasteiger partial charge >= 0.3 is 6.18 Å². The van der Waals surface area contributed by atoms with Gasteiger partial charge in [-0.15, -0.1) is 0 Å². The zero-order valence-corrected chi connectivity index (χ0v) is 16.8. The summed E-state index contributed by atoms with van der Waals surface area (Å²) in [5.41, 5.74) is 0.793. The van der Waals surface area contributed by atoms with E-state index in [0.717, 1.165) is 25.1 Å². The molecule has 0 saturated heterocycles. The van der Waals surface area contributed by atoms with Crippen molar-refractivity contribution < 1.29 is 31.9 Å². The number of pyridine rings is 1. The first-order chi connectivity index (χ1) is 14.5. The van der Waals surface area contributed by atoms with Crippen molar-refractivity contribution in [3.05, 3.63) is 46.9 Å². The van der Waals surface area contributed by atoms with Gasteiger partial charge in [0.05, 0.1) is 12.5 Å². The number of carbonyl (C=O) groups excluding carboxylic acids is 2. The Morgan fingerprint density at radius 3 is 2.58 bits per heavy atom. The predicted octanol–water partition coefficient (Wildman–Crippen LogP) is 3.27. The first kappa shape index (κ1) is 22.6. The largest absolute Gasteiger partial charge is 0.466 e. The number of carbonyl (C=O) groups is 2. The van der Waals surface area contributed by atoms with Gasteiger partial charge in [0.15, 0.2) is 12.4 Å². The summed E-state index contributed by atoms with van der Waals surface area (Å²) in [6.07, 6.45) is -1.73. The molecule has 0 aromatic carbocycles. The van der Waals surface area contributed by atoms with E-state index >= 15 is 0 Å². The van der Waals surface area contributed by atoms with Crippen molar-refractivity contribution in [2.75, 3.05) is 6.61 Å². The van der Waals surface area contributed by atoms with Crippen molar-refractivity contribution in [2.45, 2.75) is 45.3 Å². The Labute approximate surface area is 175 Å². The van der Waals surface area contributed by atoms with E-state index in [4.69, 9.17) is 0 Å². The average molecular weight is 440 g/mol. The van der Waals surface area contributed by atoms with E-state index in [9.17, 15) is 27.2 Å². The van der Waals surface area contributed by atoms with Gasteiger partial charge < -0.3 is 10.1 Å². The van der Waals surface area contributed by atoms with Crippen LogP contribution in [0.1, 0.15) is 53.4 Å². The summed E-state index contributed by atoms with van der Waals surface area (Å²) in [6.45, 7) is 1.56. The molecule has 1 N–H and O–H groups in total. The average Bonchev–Trinajstić information content (AvgIpc) is 3.51. The molecule has 2 aromatic heterocycles. The highest BCUT2D eigenvalue weighted by Crippen LogP contribution is 2.30. The quantitative estimate of drug-likeness (QED) is 0.634. The standard InChI is InChI=1S/C20H20F4N4O3/c1-10-5-15(28-17(26-10)7-16(29)12-3-4-12)18(30)27-11(2)13-6-14(21)19(25-8-13)31-9-20(22,23)24/h5-6,8,11-12H,3-4,7,9H2,1-2H3,(H,27,30). The normalized spacial score (nSPS) is 14.8. The lowest BCUT2D eigenvalue weighted by molar-refractivity contribution is -0.154. The molecular formula is C20H20F4N4O3. The van der Waals surface area contributed by atoms with E-state index in [1.807, 2.05) is 0 Å². The van der Waals surface area contributed by atoms with E-state index < -0.39 is 36.4 Å². The fraction of sp³-hybridized carbons (Fsp3) is 0.450. The monoisotopic (exact) mass is 440 g/mol. The zero-order valence-electron chi connectivity index (χ0n) is 16.8. The molecule has 7 nitrogen and oxygen atoms in total. The Morgan fingerprint density at radius 1 is 1.26 bits per heavy atom. The zero-order chi connectivity index (χ0) is 22.8. The van der Waals surface area contributed by atoms with Crippen LogP contribution in [0.4, 0.5) is 17.6 Å². The number of hydrogen-bond donors (Lipinski definition) is 1. The second kappa shape index (κ2) is 8.94. The molecule has 0 spiro atoms. The second-order valence-corrected chi connectivity index (χ2v) is 7.38. The van der Waals surface area contributed by atoms with Crippen LogP contribution in [0.25, 0.3) is 0 Å². The van der Waals surface area contributed by atoms with Gasteiger partial charge in [-0.2, -0.15) is 13.2 Å². The van der Waals surface area contributed by atoms with E-state index in [1.54, 1.807) is 13.8 Å². The molecule has 3 rings (SSSR count). The minimum absolute atomic E-state index is 0.0414. The summed E-state index contributed by atoms with van der Waals surface area (Å²) in [5, 5.41) is 2.62. The number of amides is 1. The molecule has 1 saturated carbocycles. The smallest absolute Gasteiger partial charge is 0.422 e. The van der Waals surface area contributed by atoms with Gasteiger partial charge in [0, 0.05) is 17.8 Å². The van der Waals surface area contributed by atoms with E-state index in [-0.39, 0.29) is 35.2 Å². The topological polar surface area (TPSA) is 94.1 Å². The Hall–Kier alpha value is -3.11. The van der Waals surface area contributed by atoms with Gasteiger partial charge in [-0.1, -0.05) is 0 Å². The molecule has 0 bridgehead atoms. The van der Waals surface area contributed by atoms with Crippen molar-refractivity contribution in [2.24, 2.45) is 5.92 Å². The van der Waals surface area contributed by atoms with Crippen molar-refractivity contribution in [3.8, 4) is 5.88 Å². The number of nitrogens with zero attached hydrogens (tertiary/aromatic N) is 3. The van der Waals surface area contributed by atoms with E-state index in [0.29, 0.717) is 5.69 Å². The lowest BCUT2D eigenvalue weighted by atomic mass is 10.1. The summed E-state index contributed by atoms with van der Waals surface area (Å²) in [6, 6.07) is 1.67. The van der Waals surface area contributed by atoms with Crippen LogP contribution in [0.3, 0.4) is 0 Å². The van der Waals surface area contributed by atoms with Gasteiger partial charge in [0.1, 0.15) is 17.3 Å². The van der Waals surface area contributed by atoms with Gasteiger partial charge in [-0.05, 0) is 44.4 Å². The maximum Gasteiger partial charge on any atom is 0.422 e. The molecule has 1 atom stereocenters. The number of alkyl halides is 3. The fourth-order valence-electron chi connectivity index (χ4n) is 2.82. The van der Waals surface area contributed by atoms with Crippen molar-refractivity contribution in [1.82, 2.24) is 20.3 Å². The van der Waals surface area contributed by atoms with Gasteiger partial charge in [0.2, 0.25) is 0 Å². The number of Topliss-reactive ketones (excluding diaryl/α,β-unsaturated/α-hetero) is 1. The molecule has 2 heterocycles. The first-order valence-corrected chi connectivity index (χ1v) is 9.55. The van der Waals surface area contributed by atoms with Crippen LogP contribution in [-0.4, -0.2) is 39.4 Å². The minimum atomic E-state index is -4.62. The molecule has 1 unspecified atom stereocenters. The van der Waals surface area contributed by atoms with Crippen LogP contribution >= 0.6 is 0 Å². The summed E-state index contributed by atoms with van der Waals surface area (Å²) >= 11 is 0. The lowest BCUT2D eigenvalue weighted by Gasteiger charge is -2.15. The lowest BCUT2D eigenvalue weighted by Crippen LogP contribution is -2.28. The highest BCUT2D eigenvalue weighted by atomic mass is 19.4. The third-order valence-corrected chi connectivity index (χ3v) is 4.55. The van der Waals surface area contributed by atoms with Gasteiger partial charge in [0.25, 0.3) is 11.8 Å². The Morgan fingerprint density at radius 2 is 1.97 bits per heavy atom. The maximum atomic E-state index is 14.0. The number of hydrogen-bond acceptors (Lipinski definition) is 6. The Kier molecular flexibility index (Phi) is 6.51. The number of aromatic nitrogens is 3. The van der Waals surface area contributed by atoms with Crippen molar-refractivity contribution in [1.29, 1.82) is 0 Å². The molecule has 166 valence electrons. The van der Waals surface area contributed by atoms with Crippen LogP contribution in [0, 0.1) is 18.7 Å². The molecular weight excluding hydrogens is 420 g/mol. The molecule has 1 aliphatic rings. The molecule has 31 heavy (non-hydrogen) atoms. The van der Waals surface area contributed by atoms with Crippen LogP contribution in [0.5, 0.6) is 5.88 Å². The molecule has 0 aliphatic heterocycles. The number of ketones is 1. The van der Waals surface area contributed by atoms with Crippen molar-refractivity contribution in [3.63, 3.8) is 0 Å². The summed E-state index contributed by atoms with van der Waals surface area (Å²) in [4.78, 5) is 36.5. The number of ether oxygens (including phenoxy) is 1. The van der Waals surface area contributed by atoms with Gasteiger partial charge in [-0.25, -0.2) is 19.3 Å². The maximum absolute atomic E-state index is 14.0. The first-order valence-electron chi connectivity index (χ1n) is 9.55. The minimum Gasteiger partial charge on any atom is -0.466 e. The fourth-order valence-corrected chi connectivity index (χ4v) is 2.82. The molecule has 2 aromatic rings. The Bertz CT molecular complexity index is 993. The second-order valence-electron chi connectivity index (χ2n) is 7.38. The summed E-state index contributed by atoms with van der Waals surface area (Å²) in [7, 11) is 0. The number of aryl methyl sites for hydroxylation is 1. The predicted molar refractivity (Wildman–Crippen MR) is 99.8 cm³/mol. The summed E-state index contributed by atoms with van der Waals surface area (Å²) in [5.74, 6) is -2.09. The van der Waals surface area contributed by atoms with Crippen LogP contribution in [-0.2, 0) is 11.2 Å². The highest BCUT2D eigenvalue weighted by molar-refractivity contribution is 5.92. The third-order valence-electron chi connectivity index (χ3n) is 4.55. The molecule has 1 amide bonds. The highest BCUT2D eigenvalue weighted by Gasteiger charge is 2.30.